The number of likely N-dealkylation sites (tertiary alicyclic amines) is 1. The Bertz CT molecular complexity index is 2970. The average Bonchev–Trinajstić information content (AvgIpc) is 1.84. The number of benzene rings is 2. The second-order valence-electron chi connectivity index (χ2n) is 23.6. The number of aliphatic hydroxyl groups is 2. The summed E-state index contributed by atoms with van der Waals surface area (Å²) in [6.45, 7) is 2.76. The van der Waals surface area contributed by atoms with Crippen LogP contribution < -0.4 is 99.0 Å². The zero-order valence-corrected chi connectivity index (χ0v) is 55.3. The number of aliphatic hydroxyl groups excluding tert-OH is 2. The number of unbranched alkanes of at least 4 members (excludes halogenated alkanes) is 2. The lowest BCUT2D eigenvalue weighted by atomic mass is 10.0. The highest BCUT2D eigenvalue weighted by Gasteiger charge is 2.39. The van der Waals surface area contributed by atoms with Crippen LogP contribution in [-0.4, -0.2) is 216 Å². The molecule has 1 aliphatic rings. The first-order chi connectivity index (χ1) is 46.1. The third kappa shape index (κ3) is 29.9. The van der Waals surface area contributed by atoms with Crippen molar-refractivity contribution in [1.82, 2.24) is 58.1 Å². The summed E-state index contributed by atoms with van der Waals surface area (Å²) in [6.07, 6.45) is 1.22. The standard InChI is InChI=1S/C62H101N21O14/c1-35(74-48(86)33-73-59(96)49(37(3)85)82-56(93)45(32-39-19-8-5-9-20-39)80-58(95)47-25-16-30-83(47)60(97)40(65)31-38-17-6-4-7-18-38)51(88)77-44(24-15-29-72-62(69)70)54(91)79-42(22-11-13-27-64)55(92)81-46(34-84)57(94)75-36(2)52(89)78-43(23-14-28-71-61(67)68)53(90)76-41(50(66)87)21-10-12-26-63/h4-9,17-20,35-37,40-47,49,84-85H,10-16,21-34,63-65H2,1-3H3,(H2,66,87)(H,73,96)(H,74,86)(H,75,94)(H,76,90)(H,77,88)(H,78,89)(H,79,91)(H,80,95)(H,81,92)(H,82,93)(H4,67,68,71)(H4,69,70,72)/t35-,36-,37+,40-,41-,42-,43-,44-,45-,46-,47-,49-/m0/s1. The molecule has 2 aromatic carbocycles. The Morgan fingerprint density at radius 1 is 0.515 bits per heavy atom. The maximum Gasteiger partial charge on any atom is 0.245 e. The van der Waals surface area contributed by atoms with Crippen LogP contribution in [0.5, 0.6) is 0 Å². The largest absolute Gasteiger partial charge is 0.394 e. The summed E-state index contributed by atoms with van der Waals surface area (Å²) >= 11 is 0. The Kier molecular flexibility index (Phi) is 36.6. The van der Waals surface area contributed by atoms with Gasteiger partial charge in [0.1, 0.15) is 60.4 Å². The number of carbonyl (C=O) groups is 12. The van der Waals surface area contributed by atoms with E-state index in [1.165, 1.54) is 25.7 Å². The van der Waals surface area contributed by atoms with Gasteiger partial charge in [-0.15, -0.1) is 0 Å². The van der Waals surface area contributed by atoms with Crippen LogP contribution in [0.4, 0.5) is 0 Å². The number of primary amides is 1. The summed E-state index contributed by atoms with van der Waals surface area (Å²) < 4.78 is 0. The molecule has 12 amide bonds. The fourth-order valence-corrected chi connectivity index (χ4v) is 10.2. The number of hydrogen-bond acceptors (Lipinski definition) is 19. The SMILES string of the molecule is C[C@H](NC(=O)CNC(=O)[C@@H](NC(=O)[C@H](Cc1ccccc1)NC(=O)[C@@H]1CCCN1C(=O)[C@@H](N)Cc1ccccc1)[C@@H](C)O)C(=O)N[C@@H](CCCN=C(N)N)C(=O)N[C@@H](CCCCN)C(=O)N[C@@H](CO)C(=O)N[C@@H](C)C(=O)N[C@@H](CCCN=C(N)N)C(=O)N[C@@H](CCCCN)C(N)=O. The van der Waals surface area contributed by atoms with Crippen LogP contribution >= 0.6 is 0 Å². The number of nitrogens with two attached hydrogens (primary N) is 8. The van der Waals surface area contributed by atoms with Crippen molar-refractivity contribution in [2.24, 2.45) is 55.9 Å². The van der Waals surface area contributed by atoms with E-state index in [4.69, 9.17) is 45.9 Å². The van der Waals surface area contributed by atoms with Gasteiger partial charge < -0.3 is 114 Å². The molecule has 0 spiro atoms. The Hall–Kier alpha value is -9.58. The van der Waals surface area contributed by atoms with Crippen molar-refractivity contribution in [3.8, 4) is 0 Å². The molecule has 28 N–H and O–H groups in total. The van der Waals surface area contributed by atoms with Crippen molar-refractivity contribution in [3.05, 3.63) is 71.8 Å². The molecule has 1 aliphatic heterocycles. The fourth-order valence-electron chi connectivity index (χ4n) is 10.2. The molecule has 35 heteroatoms. The van der Waals surface area contributed by atoms with E-state index >= 15 is 0 Å². The molecule has 97 heavy (non-hydrogen) atoms. The van der Waals surface area contributed by atoms with E-state index in [9.17, 15) is 67.7 Å². The van der Waals surface area contributed by atoms with Crippen molar-refractivity contribution in [3.63, 3.8) is 0 Å². The van der Waals surface area contributed by atoms with Crippen LogP contribution in [0, 0.1) is 0 Å². The molecule has 1 saturated heterocycles. The minimum absolute atomic E-state index is 0.0140. The van der Waals surface area contributed by atoms with Crippen LogP contribution in [-0.2, 0) is 70.4 Å². The molecule has 1 heterocycles. The predicted octanol–water partition coefficient (Wildman–Crippen LogP) is -7.47. The lowest BCUT2D eigenvalue weighted by Gasteiger charge is -2.29. The van der Waals surface area contributed by atoms with E-state index in [1.54, 1.807) is 30.3 Å². The number of aliphatic imine (C=N–C) groups is 2. The molecule has 0 unspecified atom stereocenters. The number of nitrogens with one attached hydrogen (secondary N) is 10. The zero-order valence-electron chi connectivity index (χ0n) is 55.3. The van der Waals surface area contributed by atoms with Gasteiger partial charge in [-0.1, -0.05) is 60.7 Å². The molecule has 2 aromatic rings. The summed E-state index contributed by atoms with van der Waals surface area (Å²) in [7, 11) is 0. The second-order valence-corrected chi connectivity index (χ2v) is 23.6. The van der Waals surface area contributed by atoms with E-state index in [1.807, 2.05) is 30.3 Å². The molecule has 12 atom stereocenters. The van der Waals surface area contributed by atoms with Gasteiger partial charge in [-0.05, 0) is 128 Å². The van der Waals surface area contributed by atoms with Gasteiger partial charge in [0.05, 0.1) is 25.3 Å². The van der Waals surface area contributed by atoms with Crippen molar-refractivity contribution < 1.29 is 67.7 Å². The van der Waals surface area contributed by atoms with Gasteiger partial charge in [0.25, 0.3) is 0 Å². The van der Waals surface area contributed by atoms with Crippen LogP contribution in [0.1, 0.15) is 109 Å². The molecular formula is C62H101N21O14. The zero-order chi connectivity index (χ0) is 72.1. The molecule has 0 bridgehead atoms. The van der Waals surface area contributed by atoms with E-state index in [2.05, 4.69) is 63.2 Å². The molecule has 35 nitrogen and oxygen atoms in total. The van der Waals surface area contributed by atoms with E-state index in [0.29, 0.717) is 37.8 Å². The monoisotopic (exact) mass is 1360 g/mol. The summed E-state index contributed by atoms with van der Waals surface area (Å²) in [6, 6.07) is 3.07. The Morgan fingerprint density at radius 2 is 0.948 bits per heavy atom. The Morgan fingerprint density at radius 3 is 1.42 bits per heavy atom. The molecule has 0 saturated carbocycles. The first-order valence-electron chi connectivity index (χ1n) is 32.3. The van der Waals surface area contributed by atoms with E-state index < -0.39 is 157 Å². The van der Waals surface area contributed by atoms with Gasteiger partial charge in [-0.25, -0.2) is 0 Å². The highest BCUT2D eigenvalue weighted by atomic mass is 16.3. The third-order valence-electron chi connectivity index (χ3n) is 15.5. The number of hydrogen-bond donors (Lipinski definition) is 20. The van der Waals surface area contributed by atoms with Crippen LogP contribution in [0.3, 0.4) is 0 Å². The average molecular weight is 1360 g/mol. The summed E-state index contributed by atoms with van der Waals surface area (Å²) in [4.78, 5) is 172. The van der Waals surface area contributed by atoms with Crippen LogP contribution in [0.25, 0.3) is 0 Å². The molecular weight excluding hydrogens is 1260 g/mol. The van der Waals surface area contributed by atoms with Gasteiger partial charge in [0.15, 0.2) is 11.9 Å². The fraction of sp³-hybridized carbons (Fsp3) is 0.581. The summed E-state index contributed by atoms with van der Waals surface area (Å²) in [5, 5.41) is 45.9. The van der Waals surface area contributed by atoms with Gasteiger partial charge in [0, 0.05) is 26.1 Å². The number of amides is 12. The molecule has 3 rings (SSSR count). The maximum absolute atomic E-state index is 14.2. The van der Waals surface area contributed by atoms with Crippen molar-refractivity contribution >= 4 is 82.8 Å². The number of carbonyl (C=O) groups excluding carboxylic acids is 12. The minimum atomic E-state index is -1.72. The molecule has 1 fully saturated rings. The number of rotatable bonds is 44. The van der Waals surface area contributed by atoms with E-state index in [0.717, 1.165) is 5.56 Å². The van der Waals surface area contributed by atoms with Crippen molar-refractivity contribution in [2.75, 3.05) is 45.9 Å². The normalized spacial score (nSPS) is 16.0. The van der Waals surface area contributed by atoms with Gasteiger partial charge in [0.2, 0.25) is 70.9 Å². The van der Waals surface area contributed by atoms with Gasteiger partial charge >= 0.3 is 0 Å². The van der Waals surface area contributed by atoms with Crippen molar-refractivity contribution in [1.29, 1.82) is 0 Å². The summed E-state index contributed by atoms with van der Waals surface area (Å²) in [5.74, 6) is -10.8. The number of nitrogens with zero attached hydrogens (tertiary/aromatic N) is 3. The highest BCUT2D eigenvalue weighted by Crippen LogP contribution is 2.20. The predicted molar refractivity (Wildman–Crippen MR) is 358 cm³/mol. The maximum atomic E-state index is 14.2. The molecule has 0 radical (unpaired) electrons. The quantitative estimate of drug-likeness (QED) is 0.0166. The van der Waals surface area contributed by atoms with Gasteiger partial charge in [-0.2, -0.15) is 0 Å². The second kappa shape index (κ2) is 43.5. The summed E-state index contributed by atoms with van der Waals surface area (Å²) in [5.41, 5.74) is 46.5. The first-order valence-corrected chi connectivity index (χ1v) is 32.3. The Labute approximate surface area is 563 Å². The third-order valence-corrected chi connectivity index (χ3v) is 15.5. The molecule has 0 aromatic heterocycles. The first kappa shape index (κ1) is 81.7. The Balaban J connectivity index is 1.71. The van der Waals surface area contributed by atoms with Crippen LogP contribution in [0.15, 0.2) is 70.6 Å². The van der Waals surface area contributed by atoms with Crippen molar-refractivity contribution in [2.45, 2.75) is 183 Å². The smallest absolute Gasteiger partial charge is 0.245 e. The topological polar surface area (TPSA) is 602 Å². The molecule has 0 aliphatic carbocycles. The van der Waals surface area contributed by atoms with E-state index in [-0.39, 0.29) is 102 Å². The lowest BCUT2D eigenvalue weighted by molar-refractivity contribution is -0.140. The minimum Gasteiger partial charge on any atom is -0.394 e. The van der Waals surface area contributed by atoms with Gasteiger partial charge in [-0.3, -0.25) is 67.5 Å². The van der Waals surface area contributed by atoms with Crippen LogP contribution in [0.2, 0.25) is 0 Å². The lowest BCUT2D eigenvalue weighted by Crippen LogP contribution is -2.60. The highest BCUT2D eigenvalue weighted by molar-refractivity contribution is 5.99. The molecule has 538 valence electrons. The number of guanidine groups is 2.